The van der Waals surface area contributed by atoms with Crippen molar-refractivity contribution in [2.45, 2.75) is 6.42 Å². The van der Waals surface area contributed by atoms with E-state index in [1.807, 2.05) is 30.3 Å². The molecule has 11 heteroatoms. The number of nitrogen functional groups attached to an aromatic ring is 2. The Labute approximate surface area is 197 Å². The Kier molecular flexibility index (Phi) is 6.28. The van der Waals surface area contributed by atoms with Crippen molar-refractivity contribution in [3.05, 3.63) is 60.7 Å². The van der Waals surface area contributed by atoms with Gasteiger partial charge in [0.15, 0.2) is 5.96 Å². The second-order valence-electron chi connectivity index (χ2n) is 7.82. The lowest BCUT2D eigenvalue weighted by molar-refractivity contribution is 0.599. The third-order valence-corrected chi connectivity index (χ3v) is 6.49. The molecule has 34 heavy (non-hydrogen) atoms. The molecule has 0 aliphatic heterocycles. The van der Waals surface area contributed by atoms with Gasteiger partial charge in [0, 0.05) is 40.1 Å². The van der Waals surface area contributed by atoms with E-state index in [-0.39, 0.29) is 18.3 Å². The van der Waals surface area contributed by atoms with Crippen LogP contribution in [0.4, 0.5) is 28.4 Å². The summed E-state index contributed by atoms with van der Waals surface area (Å²) in [6.45, 7) is 0.246. The van der Waals surface area contributed by atoms with Gasteiger partial charge in [-0.2, -0.15) is 0 Å². The van der Waals surface area contributed by atoms with Crippen molar-refractivity contribution in [3.63, 3.8) is 0 Å². The highest BCUT2D eigenvalue weighted by molar-refractivity contribution is 7.92. The van der Waals surface area contributed by atoms with Crippen molar-refractivity contribution in [2.24, 2.45) is 16.5 Å². The van der Waals surface area contributed by atoms with E-state index in [4.69, 9.17) is 27.9 Å². The van der Waals surface area contributed by atoms with Crippen LogP contribution in [0.1, 0.15) is 6.42 Å². The van der Waals surface area contributed by atoms with Gasteiger partial charge in [-0.1, -0.05) is 0 Å². The van der Waals surface area contributed by atoms with Crippen molar-refractivity contribution < 1.29 is 8.42 Å². The highest BCUT2D eigenvalue weighted by Gasteiger charge is 2.12. The summed E-state index contributed by atoms with van der Waals surface area (Å²) >= 11 is 0. The number of nitrogens with two attached hydrogens (primary N) is 4. The van der Waals surface area contributed by atoms with Gasteiger partial charge in [0.1, 0.15) is 0 Å². The summed E-state index contributed by atoms with van der Waals surface area (Å²) in [7, 11) is -3.53. The largest absolute Gasteiger partial charge is 0.399 e. The number of hydrogen-bond acceptors (Lipinski definition) is 7. The predicted molar refractivity (Wildman–Crippen MR) is 141 cm³/mol. The fourth-order valence-corrected chi connectivity index (χ4v) is 4.68. The van der Waals surface area contributed by atoms with Crippen LogP contribution in [0.15, 0.2) is 65.7 Å². The highest BCUT2D eigenvalue weighted by Crippen LogP contribution is 2.35. The van der Waals surface area contributed by atoms with Gasteiger partial charge in [0.05, 0.1) is 22.5 Å². The molecule has 0 fully saturated rings. The molecule has 0 aliphatic rings. The lowest BCUT2D eigenvalue weighted by atomic mass is 10.1. The number of pyridine rings is 1. The second kappa shape index (κ2) is 9.32. The molecule has 0 unspecified atom stereocenters. The van der Waals surface area contributed by atoms with E-state index >= 15 is 0 Å². The molecule has 0 radical (unpaired) electrons. The van der Waals surface area contributed by atoms with E-state index in [9.17, 15) is 8.42 Å². The molecule has 10 nitrogen and oxygen atoms in total. The summed E-state index contributed by atoms with van der Waals surface area (Å²) in [4.78, 5) is 8.49. The van der Waals surface area contributed by atoms with Gasteiger partial charge in [-0.05, 0) is 67.1 Å². The minimum atomic E-state index is -3.53. The molecule has 176 valence electrons. The maximum atomic E-state index is 12.3. The van der Waals surface area contributed by atoms with Crippen molar-refractivity contribution in [1.29, 1.82) is 0 Å². The maximum Gasteiger partial charge on any atom is 0.232 e. The molecule has 0 spiro atoms. The van der Waals surface area contributed by atoms with E-state index in [1.54, 1.807) is 30.3 Å². The number of hydrogen-bond donors (Lipinski definition) is 6. The van der Waals surface area contributed by atoms with Gasteiger partial charge in [-0.25, -0.2) is 13.4 Å². The monoisotopic (exact) mass is 478 g/mol. The van der Waals surface area contributed by atoms with Crippen LogP contribution in [0.3, 0.4) is 0 Å². The molecule has 4 aromatic rings. The number of aliphatic imine (C=N–C) groups is 1. The number of nitrogens with one attached hydrogen (secondary N) is 2. The normalized spacial score (nSPS) is 11.4. The summed E-state index contributed by atoms with van der Waals surface area (Å²) in [5, 5.41) is 5.18. The van der Waals surface area contributed by atoms with Gasteiger partial charge in [-0.15, -0.1) is 0 Å². The Bertz CT molecular complexity index is 1480. The molecule has 4 rings (SSSR count). The van der Waals surface area contributed by atoms with E-state index in [1.165, 1.54) is 0 Å². The Morgan fingerprint density at radius 2 is 1.53 bits per heavy atom. The summed E-state index contributed by atoms with van der Waals surface area (Å²) in [5.41, 5.74) is 27.3. The molecule has 0 amide bonds. The van der Waals surface area contributed by atoms with E-state index < -0.39 is 10.0 Å². The summed E-state index contributed by atoms with van der Waals surface area (Å²) in [6, 6.07) is 18.0. The molecule has 0 aliphatic carbocycles. The zero-order valence-electron chi connectivity index (χ0n) is 18.3. The Hall–Kier alpha value is -4.25. The molecule has 1 heterocycles. The van der Waals surface area contributed by atoms with Crippen LogP contribution in [-0.2, 0) is 10.0 Å². The Morgan fingerprint density at radius 3 is 2.26 bits per heavy atom. The van der Waals surface area contributed by atoms with E-state index in [2.05, 4.69) is 15.0 Å². The minimum absolute atomic E-state index is 0.0608. The van der Waals surface area contributed by atoms with Gasteiger partial charge >= 0.3 is 0 Å². The minimum Gasteiger partial charge on any atom is -0.399 e. The van der Waals surface area contributed by atoms with Crippen molar-refractivity contribution in [3.8, 4) is 0 Å². The topological polar surface area (TPSA) is 188 Å². The number of rotatable bonds is 8. The van der Waals surface area contributed by atoms with Gasteiger partial charge < -0.3 is 28.3 Å². The molecule has 1 aromatic heterocycles. The van der Waals surface area contributed by atoms with Crippen molar-refractivity contribution >= 4 is 66.2 Å². The van der Waals surface area contributed by atoms with Gasteiger partial charge in [0.25, 0.3) is 0 Å². The number of aromatic nitrogens is 1. The highest BCUT2D eigenvalue weighted by atomic mass is 32.2. The number of guanidine groups is 1. The van der Waals surface area contributed by atoms with Crippen LogP contribution in [-0.4, -0.2) is 31.7 Å². The smallest absolute Gasteiger partial charge is 0.232 e. The van der Waals surface area contributed by atoms with Crippen LogP contribution in [0, 0.1) is 0 Å². The van der Waals surface area contributed by atoms with Crippen LogP contribution in [0.5, 0.6) is 0 Å². The first kappa shape index (κ1) is 22.9. The Balaban J connectivity index is 1.58. The summed E-state index contributed by atoms with van der Waals surface area (Å²) in [6.07, 6.45) is 0.308. The summed E-state index contributed by atoms with van der Waals surface area (Å²) in [5.74, 6) is -0.155. The molecule has 3 aromatic carbocycles. The summed E-state index contributed by atoms with van der Waals surface area (Å²) < 4.78 is 27.2. The second-order valence-corrected chi connectivity index (χ2v) is 9.67. The number of fused-ring (bicyclic) bond motifs is 2. The molecular formula is C23H26N8O2S. The van der Waals surface area contributed by atoms with E-state index in [0.717, 1.165) is 33.2 Å². The lowest BCUT2D eigenvalue weighted by Crippen LogP contribution is -2.23. The Morgan fingerprint density at radius 1 is 0.853 bits per heavy atom. The first-order valence-corrected chi connectivity index (χ1v) is 12.2. The molecule has 0 atom stereocenters. The number of benzene rings is 3. The maximum absolute atomic E-state index is 12.3. The zero-order chi connectivity index (χ0) is 24.3. The number of anilines is 5. The number of nitrogens with zero attached hydrogens (tertiary/aromatic N) is 2. The zero-order valence-corrected chi connectivity index (χ0v) is 19.1. The van der Waals surface area contributed by atoms with Crippen LogP contribution in [0.2, 0.25) is 0 Å². The molecular weight excluding hydrogens is 452 g/mol. The number of sulfonamides is 1. The average Bonchev–Trinajstić information content (AvgIpc) is 2.78. The molecule has 0 bridgehead atoms. The third kappa shape index (κ3) is 5.38. The van der Waals surface area contributed by atoms with Crippen molar-refractivity contribution in [1.82, 2.24) is 4.98 Å². The lowest BCUT2D eigenvalue weighted by Gasteiger charge is -2.15. The first-order valence-electron chi connectivity index (χ1n) is 10.5. The van der Waals surface area contributed by atoms with Crippen molar-refractivity contribution in [2.75, 3.05) is 33.8 Å². The third-order valence-electron chi connectivity index (χ3n) is 5.12. The van der Waals surface area contributed by atoms with Crippen LogP contribution < -0.4 is 33.0 Å². The molecule has 0 saturated carbocycles. The standard InChI is InChI=1S/C23H26N8O2S/c24-14-3-9-20-19(12-14)22(18-8-2-15(25)13-21(18)30-20)29-16-4-6-17(7-5-16)31-34(32,33)11-1-10-28-23(26)27/h2-9,12-13,31H,1,10-11,24-25H2,(H,29,30)(H4,26,27,28). The first-order chi connectivity index (χ1) is 16.2. The van der Waals surface area contributed by atoms with Crippen LogP contribution >= 0.6 is 0 Å². The van der Waals surface area contributed by atoms with Gasteiger partial charge in [-0.3, -0.25) is 9.71 Å². The SMILES string of the molecule is NC(N)=NCCCS(=O)(=O)Nc1ccc(Nc2c3ccc(N)cc3nc3ccc(N)cc23)cc1. The average molecular weight is 479 g/mol. The quantitative estimate of drug-likeness (QED) is 0.0732. The molecule has 10 N–H and O–H groups in total. The molecule has 0 saturated heterocycles. The fraction of sp³-hybridized carbons (Fsp3) is 0.130. The van der Waals surface area contributed by atoms with Crippen LogP contribution in [0.25, 0.3) is 21.8 Å². The van der Waals surface area contributed by atoms with Gasteiger partial charge in [0.2, 0.25) is 10.0 Å². The predicted octanol–water partition coefficient (Wildman–Crippen LogP) is 2.70. The fourth-order valence-electron chi connectivity index (χ4n) is 3.57. The van der Waals surface area contributed by atoms with E-state index in [0.29, 0.717) is 23.5 Å².